The molecule has 12 heavy (non-hydrogen) atoms. The molecule has 1 rings (SSSR count). The average molecular weight is 224 g/mol. The van der Waals surface area contributed by atoms with Crippen molar-refractivity contribution < 1.29 is 4.79 Å². The first-order chi connectivity index (χ1) is 5.77. The second kappa shape index (κ2) is 4.46. The maximum atomic E-state index is 11.2. The van der Waals surface area contributed by atoms with Gasteiger partial charge in [-0.3, -0.25) is 4.79 Å². The number of rotatable bonds is 3. The SMILES string of the molecule is C[B]c1ccc(C(=O)CBr)cc1. The summed E-state index contributed by atoms with van der Waals surface area (Å²) in [6.45, 7) is 1.97. The van der Waals surface area contributed by atoms with Gasteiger partial charge in [-0.1, -0.05) is 52.5 Å². The summed E-state index contributed by atoms with van der Waals surface area (Å²) >= 11 is 3.13. The van der Waals surface area contributed by atoms with Gasteiger partial charge in [0.2, 0.25) is 0 Å². The summed E-state index contributed by atoms with van der Waals surface area (Å²) < 4.78 is 0. The van der Waals surface area contributed by atoms with Crippen LogP contribution in [0, 0.1) is 0 Å². The number of ketones is 1. The zero-order valence-corrected chi connectivity index (χ0v) is 8.47. The van der Waals surface area contributed by atoms with Gasteiger partial charge in [0, 0.05) is 5.56 Å². The van der Waals surface area contributed by atoms with Gasteiger partial charge in [0.05, 0.1) is 5.33 Å². The van der Waals surface area contributed by atoms with Crippen LogP contribution in [0.4, 0.5) is 0 Å². The molecule has 0 aliphatic carbocycles. The summed E-state index contributed by atoms with van der Waals surface area (Å²) in [4.78, 5) is 11.2. The number of benzene rings is 1. The minimum absolute atomic E-state index is 0.123. The van der Waals surface area contributed by atoms with Crippen molar-refractivity contribution in [1.29, 1.82) is 0 Å². The Kier molecular flexibility index (Phi) is 3.54. The van der Waals surface area contributed by atoms with Crippen LogP contribution in [0.2, 0.25) is 6.82 Å². The van der Waals surface area contributed by atoms with E-state index < -0.39 is 0 Å². The van der Waals surface area contributed by atoms with E-state index in [-0.39, 0.29) is 5.78 Å². The van der Waals surface area contributed by atoms with Crippen LogP contribution in [0.1, 0.15) is 10.4 Å². The number of hydrogen-bond donors (Lipinski definition) is 0. The Balaban J connectivity index is 2.84. The Morgan fingerprint density at radius 1 is 1.42 bits per heavy atom. The molecule has 61 valence electrons. The van der Waals surface area contributed by atoms with Crippen LogP contribution in [-0.2, 0) is 0 Å². The number of carbonyl (C=O) groups is 1. The molecule has 1 aromatic carbocycles. The molecule has 0 saturated heterocycles. The number of Topliss-reactive ketones (excluding diaryl/α,β-unsaturated/α-hetero) is 1. The van der Waals surface area contributed by atoms with Gasteiger partial charge in [0.1, 0.15) is 7.28 Å². The third kappa shape index (κ3) is 2.21. The first-order valence-corrected chi connectivity index (χ1v) is 4.88. The molecule has 0 amide bonds. The Hall–Kier alpha value is -0.565. The van der Waals surface area contributed by atoms with Crippen molar-refractivity contribution in [2.45, 2.75) is 6.82 Å². The summed E-state index contributed by atoms with van der Waals surface area (Å²) in [5, 5.41) is 0.391. The van der Waals surface area contributed by atoms with E-state index in [4.69, 9.17) is 0 Å². The fourth-order valence-corrected chi connectivity index (χ4v) is 1.26. The molecule has 0 aliphatic heterocycles. The molecule has 1 radical (unpaired) electrons. The topological polar surface area (TPSA) is 17.1 Å². The zero-order valence-electron chi connectivity index (χ0n) is 6.88. The first kappa shape index (κ1) is 9.52. The van der Waals surface area contributed by atoms with Gasteiger partial charge < -0.3 is 0 Å². The van der Waals surface area contributed by atoms with Crippen LogP contribution in [-0.4, -0.2) is 18.4 Å². The molecule has 0 heterocycles. The maximum Gasteiger partial charge on any atom is 0.173 e. The largest absolute Gasteiger partial charge is 0.293 e. The quantitative estimate of drug-likeness (QED) is 0.433. The van der Waals surface area contributed by atoms with Crippen molar-refractivity contribution in [2.24, 2.45) is 0 Å². The van der Waals surface area contributed by atoms with Gasteiger partial charge in [0.15, 0.2) is 5.78 Å². The van der Waals surface area contributed by atoms with Gasteiger partial charge in [-0.25, -0.2) is 0 Å². The summed E-state index contributed by atoms with van der Waals surface area (Å²) in [5.41, 5.74) is 1.90. The van der Waals surface area contributed by atoms with Crippen LogP contribution < -0.4 is 5.46 Å². The van der Waals surface area contributed by atoms with Crippen molar-refractivity contribution in [3.8, 4) is 0 Å². The monoisotopic (exact) mass is 223 g/mol. The normalized spacial score (nSPS) is 9.50. The minimum Gasteiger partial charge on any atom is -0.293 e. The number of halogens is 1. The predicted molar refractivity (Wildman–Crippen MR) is 55.8 cm³/mol. The van der Waals surface area contributed by atoms with Crippen LogP contribution >= 0.6 is 15.9 Å². The summed E-state index contributed by atoms with van der Waals surface area (Å²) in [5.74, 6) is 0.123. The molecule has 3 heteroatoms. The van der Waals surface area contributed by atoms with Gasteiger partial charge in [-0.15, -0.1) is 0 Å². The fourth-order valence-electron chi connectivity index (χ4n) is 0.939. The summed E-state index contributed by atoms with van der Waals surface area (Å²) in [6, 6.07) is 7.57. The number of hydrogen-bond acceptors (Lipinski definition) is 1. The molecule has 0 unspecified atom stereocenters. The van der Waals surface area contributed by atoms with E-state index in [2.05, 4.69) is 15.9 Å². The molecular weight excluding hydrogens is 215 g/mol. The molecule has 0 aliphatic rings. The van der Waals surface area contributed by atoms with Gasteiger partial charge in [0.25, 0.3) is 0 Å². The van der Waals surface area contributed by atoms with Crippen molar-refractivity contribution >= 4 is 34.5 Å². The predicted octanol–water partition coefficient (Wildman–Crippen LogP) is 1.64. The highest BCUT2D eigenvalue weighted by atomic mass is 79.9. The van der Waals surface area contributed by atoms with Crippen LogP contribution in [0.25, 0.3) is 0 Å². The van der Waals surface area contributed by atoms with Crippen LogP contribution in [0.3, 0.4) is 0 Å². The highest BCUT2D eigenvalue weighted by Crippen LogP contribution is 2.00. The average Bonchev–Trinajstić information content (AvgIpc) is 2.17. The lowest BCUT2D eigenvalue weighted by Crippen LogP contribution is -2.11. The molecule has 0 spiro atoms. The third-order valence-electron chi connectivity index (χ3n) is 1.69. The summed E-state index contributed by atoms with van der Waals surface area (Å²) in [7, 11) is 2.00. The molecule has 0 fully saturated rings. The van der Waals surface area contributed by atoms with Crippen LogP contribution in [0.5, 0.6) is 0 Å². The summed E-state index contributed by atoms with van der Waals surface area (Å²) in [6.07, 6.45) is 0. The van der Waals surface area contributed by atoms with Crippen LogP contribution in [0.15, 0.2) is 24.3 Å². The first-order valence-electron chi connectivity index (χ1n) is 3.76. The third-order valence-corrected chi connectivity index (χ3v) is 2.20. The highest BCUT2D eigenvalue weighted by molar-refractivity contribution is 9.09. The number of carbonyl (C=O) groups excluding carboxylic acids is 1. The fraction of sp³-hybridized carbons (Fsp3) is 0.222. The maximum absolute atomic E-state index is 11.2. The lowest BCUT2D eigenvalue weighted by molar-refractivity contribution is 0.102. The van der Waals surface area contributed by atoms with Gasteiger partial charge >= 0.3 is 0 Å². The van der Waals surface area contributed by atoms with Gasteiger partial charge in [-0.05, 0) is 0 Å². The lowest BCUT2D eigenvalue weighted by Gasteiger charge is -1.98. The second-order valence-corrected chi connectivity index (χ2v) is 3.03. The zero-order chi connectivity index (χ0) is 8.97. The second-order valence-electron chi connectivity index (χ2n) is 2.47. The van der Waals surface area contributed by atoms with Crippen molar-refractivity contribution in [1.82, 2.24) is 0 Å². The highest BCUT2D eigenvalue weighted by Gasteiger charge is 2.01. The van der Waals surface area contributed by atoms with E-state index in [9.17, 15) is 4.79 Å². The van der Waals surface area contributed by atoms with E-state index in [1.165, 1.54) is 0 Å². The van der Waals surface area contributed by atoms with Gasteiger partial charge in [-0.2, -0.15) is 0 Å². The lowest BCUT2D eigenvalue weighted by atomic mass is 9.73. The molecule has 0 aromatic heterocycles. The molecule has 0 saturated carbocycles. The number of alkyl halides is 1. The minimum atomic E-state index is 0.123. The Bertz CT molecular complexity index is 268. The molecule has 0 atom stereocenters. The Morgan fingerprint density at radius 2 is 2.00 bits per heavy atom. The van der Waals surface area contributed by atoms with Crippen molar-refractivity contribution in [3.05, 3.63) is 29.8 Å². The van der Waals surface area contributed by atoms with E-state index in [1.807, 2.05) is 38.4 Å². The molecule has 1 nitrogen and oxygen atoms in total. The smallest absolute Gasteiger partial charge is 0.173 e. The Labute approximate surface area is 81.5 Å². The molecule has 0 bridgehead atoms. The van der Waals surface area contributed by atoms with E-state index in [0.717, 1.165) is 11.0 Å². The Morgan fingerprint density at radius 3 is 2.42 bits per heavy atom. The molecule has 0 N–H and O–H groups in total. The van der Waals surface area contributed by atoms with E-state index >= 15 is 0 Å². The molecular formula is C9H9BBrO. The molecule has 1 aromatic rings. The van der Waals surface area contributed by atoms with Crippen molar-refractivity contribution in [3.63, 3.8) is 0 Å². The van der Waals surface area contributed by atoms with E-state index in [0.29, 0.717) is 5.33 Å². The standard InChI is InChI=1S/C9H9BBrO/c1-10-8-4-2-7(3-5-8)9(12)6-11/h2-5H,6H2,1H3. The van der Waals surface area contributed by atoms with E-state index in [1.54, 1.807) is 0 Å². The van der Waals surface area contributed by atoms with Crippen molar-refractivity contribution in [2.75, 3.05) is 5.33 Å².